The fraction of sp³-hybridized carbons (Fsp3) is 0.789. The average molecular weight is 389 g/mol. The van der Waals surface area contributed by atoms with Gasteiger partial charge in [-0.05, 0) is 64.1 Å². The second-order valence-electron chi connectivity index (χ2n) is 7.59. The minimum absolute atomic E-state index is 0.261. The van der Waals surface area contributed by atoms with Crippen LogP contribution < -0.4 is 0 Å². The quantitative estimate of drug-likeness (QED) is 0.515. The molecule has 0 spiro atoms. The standard InChI is InChI=1S/C19H33FN2O3S/c1-15-6-5-11-21(14-15)19-9-12-22(13-10-19)26(23,24)17(3)8-7-16(2)25-18(4)20/h7-8,15,18-19H,5-6,9-14H2,1-4H3. The van der Waals surface area contributed by atoms with Crippen LogP contribution in [-0.2, 0) is 14.8 Å². The number of hydrogen-bond donors (Lipinski definition) is 0. The number of sulfonamides is 1. The van der Waals surface area contributed by atoms with Crippen LogP contribution in [0.1, 0.15) is 53.4 Å². The lowest BCUT2D eigenvalue weighted by atomic mass is 9.96. The van der Waals surface area contributed by atoms with Gasteiger partial charge >= 0.3 is 0 Å². The summed E-state index contributed by atoms with van der Waals surface area (Å²) in [5.74, 6) is 1.09. The minimum atomic E-state index is -3.47. The van der Waals surface area contributed by atoms with Gasteiger partial charge in [-0.3, -0.25) is 0 Å². The van der Waals surface area contributed by atoms with Crippen LogP contribution in [0.3, 0.4) is 0 Å². The normalized spacial score (nSPS) is 26.7. The summed E-state index contributed by atoms with van der Waals surface area (Å²) in [6, 6.07) is 0.495. The van der Waals surface area contributed by atoms with Crippen molar-refractivity contribution in [2.75, 3.05) is 26.2 Å². The van der Waals surface area contributed by atoms with E-state index in [1.54, 1.807) is 18.2 Å². The Morgan fingerprint density at radius 2 is 1.81 bits per heavy atom. The second-order valence-corrected chi connectivity index (χ2v) is 9.70. The second kappa shape index (κ2) is 9.33. The fourth-order valence-electron chi connectivity index (χ4n) is 3.82. The number of hydrogen-bond acceptors (Lipinski definition) is 4. The highest BCUT2D eigenvalue weighted by atomic mass is 32.2. The molecule has 2 unspecified atom stereocenters. The Morgan fingerprint density at radius 3 is 2.38 bits per heavy atom. The highest BCUT2D eigenvalue weighted by Crippen LogP contribution is 2.26. The fourth-order valence-corrected chi connectivity index (χ4v) is 5.16. The maximum absolute atomic E-state index is 12.8. The Morgan fingerprint density at radius 1 is 1.15 bits per heavy atom. The maximum Gasteiger partial charge on any atom is 0.238 e. The molecule has 0 aromatic rings. The number of piperidine rings is 2. The maximum atomic E-state index is 12.8. The Bertz CT molecular complexity index is 623. The van der Waals surface area contributed by atoms with E-state index in [-0.39, 0.29) is 4.91 Å². The van der Waals surface area contributed by atoms with Gasteiger partial charge in [-0.25, -0.2) is 12.8 Å². The molecule has 0 N–H and O–H groups in total. The highest BCUT2D eigenvalue weighted by molar-refractivity contribution is 7.93. The minimum Gasteiger partial charge on any atom is -0.465 e. The van der Waals surface area contributed by atoms with E-state index in [0.717, 1.165) is 31.8 Å². The molecule has 0 amide bonds. The summed E-state index contributed by atoms with van der Waals surface area (Å²) in [4.78, 5) is 2.81. The molecule has 0 radical (unpaired) electrons. The zero-order chi connectivity index (χ0) is 19.3. The van der Waals surface area contributed by atoms with Crippen molar-refractivity contribution in [3.63, 3.8) is 0 Å². The topological polar surface area (TPSA) is 49.9 Å². The van der Waals surface area contributed by atoms with E-state index in [9.17, 15) is 12.8 Å². The molecule has 7 heteroatoms. The highest BCUT2D eigenvalue weighted by Gasteiger charge is 2.32. The molecular formula is C19H33FN2O3S. The predicted octanol–water partition coefficient (Wildman–Crippen LogP) is 3.65. The van der Waals surface area contributed by atoms with Gasteiger partial charge in [0.2, 0.25) is 16.4 Å². The van der Waals surface area contributed by atoms with E-state index in [0.29, 0.717) is 24.9 Å². The summed E-state index contributed by atoms with van der Waals surface area (Å²) in [5, 5.41) is 0. The van der Waals surface area contributed by atoms with Gasteiger partial charge in [0.1, 0.15) is 0 Å². The molecule has 2 rings (SSSR count). The predicted molar refractivity (Wildman–Crippen MR) is 103 cm³/mol. The van der Waals surface area contributed by atoms with Crippen molar-refractivity contribution < 1.29 is 17.5 Å². The number of ether oxygens (including phenoxy) is 1. The van der Waals surface area contributed by atoms with Crippen LogP contribution in [0.25, 0.3) is 0 Å². The van der Waals surface area contributed by atoms with E-state index in [1.165, 1.54) is 31.9 Å². The van der Waals surface area contributed by atoms with E-state index in [2.05, 4.69) is 11.8 Å². The van der Waals surface area contributed by atoms with Crippen LogP contribution in [0.4, 0.5) is 4.39 Å². The summed E-state index contributed by atoms with van der Waals surface area (Å²) in [6.07, 6.45) is 5.90. The molecule has 2 heterocycles. The summed E-state index contributed by atoms with van der Waals surface area (Å²) in [6.45, 7) is 10.2. The van der Waals surface area contributed by atoms with Crippen molar-refractivity contribution in [2.45, 2.75) is 65.8 Å². The number of halogens is 1. The molecule has 5 nitrogen and oxygen atoms in total. The van der Waals surface area contributed by atoms with Crippen LogP contribution in [0.2, 0.25) is 0 Å². The third-order valence-corrected chi connectivity index (χ3v) is 7.27. The monoisotopic (exact) mass is 388 g/mol. The first-order chi connectivity index (χ1) is 12.2. The molecule has 2 atom stereocenters. The van der Waals surface area contributed by atoms with E-state index >= 15 is 0 Å². The lowest BCUT2D eigenvalue weighted by Gasteiger charge is -2.41. The van der Waals surface area contributed by atoms with Gasteiger partial charge < -0.3 is 9.64 Å². The molecule has 26 heavy (non-hydrogen) atoms. The molecule has 150 valence electrons. The Labute approximate surface area is 157 Å². The third-order valence-electron chi connectivity index (χ3n) is 5.28. The van der Waals surface area contributed by atoms with Crippen molar-refractivity contribution in [1.82, 2.24) is 9.21 Å². The summed E-state index contributed by atoms with van der Waals surface area (Å²) in [5.41, 5.74) is 0. The van der Waals surface area contributed by atoms with Gasteiger partial charge in [0.05, 0.1) is 10.7 Å². The van der Waals surface area contributed by atoms with Crippen molar-refractivity contribution in [1.29, 1.82) is 0 Å². The summed E-state index contributed by atoms with van der Waals surface area (Å²) >= 11 is 0. The average Bonchev–Trinajstić information content (AvgIpc) is 2.59. The van der Waals surface area contributed by atoms with Crippen LogP contribution in [0.5, 0.6) is 0 Å². The molecular weight excluding hydrogens is 355 g/mol. The van der Waals surface area contributed by atoms with Crippen LogP contribution in [0.15, 0.2) is 22.8 Å². The van der Waals surface area contributed by atoms with E-state index in [4.69, 9.17) is 4.74 Å². The molecule has 2 saturated heterocycles. The lowest BCUT2D eigenvalue weighted by molar-refractivity contribution is 0.0232. The lowest BCUT2D eigenvalue weighted by Crippen LogP contribution is -2.49. The molecule has 0 aromatic carbocycles. The molecule has 0 bridgehead atoms. The zero-order valence-electron chi connectivity index (χ0n) is 16.4. The van der Waals surface area contributed by atoms with Crippen LogP contribution >= 0.6 is 0 Å². The van der Waals surface area contributed by atoms with Crippen molar-refractivity contribution in [3.05, 3.63) is 22.8 Å². The summed E-state index contributed by atoms with van der Waals surface area (Å²) in [7, 11) is -3.47. The molecule has 0 aromatic heterocycles. The smallest absolute Gasteiger partial charge is 0.238 e. The number of rotatable bonds is 6. The Balaban J connectivity index is 1.94. The number of likely N-dealkylation sites (tertiary alicyclic amines) is 1. The first kappa shape index (κ1) is 21.4. The molecule has 2 fully saturated rings. The van der Waals surface area contributed by atoms with Crippen molar-refractivity contribution in [2.24, 2.45) is 5.92 Å². The molecule has 2 aliphatic heterocycles. The Kier molecular flexibility index (Phi) is 7.67. The number of nitrogens with zero attached hydrogens (tertiary/aromatic N) is 2. The zero-order valence-corrected chi connectivity index (χ0v) is 17.3. The van der Waals surface area contributed by atoms with Crippen LogP contribution in [0, 0.1) is 5.92 Å². The van der Waals surface area contributed by atoms with E-state index in [1.807, 2.05) is 0 Å². The number of alkyl halides is 1. The number of allylic oxidation sites excluding steroid dienone is 4. The Hall–Kier alpha value is -0.920. The van der Waals surface area contributed by atoms with Crippen molar-refractivity contribution >= 4 is 10.0 Å². The van der Waals surface area contributed by atoms with Gasteiger partial charge in [0.15, 0.2) is 0 Å². The first-order valence-electron chi connectivity index (χ1n) is 9.60. The molecule has 0 aliphatic carbocycles. The van der Waals surface area contributed by atoms with Gasteiger partial charge in [-0.1, -0.05) is 6.92 Å². The van der Waals surface area contributed by atoms with Gasteiger partial charge in [-0.15, -0.1) is 0 Å². The van der Waals surface area contributed by atoms with Gasteiger partial charge in [0.25, 0.3) is 0 Å². The van der Waals surface area contributed by atoms with Gasteiger partial charge in [-0.2, -0.15) is 4.31 Å². The molecule has 2 aliphatic rings. The molecule has 0 saturated carbocycles. The van der Waals surface area contributed by atoms with E-state index < -0.39 is 16.4 Å². The SMILES string of the molecule is CC(=CC=C(C)S(=O)(=O)N1CCC(N2CCCC(C)C2)CC1)OC(C)F. The first-order valence-corrected chi connectivity index (χ1v) is 11.0. The van der Waals surface area contributed by atoms with Crippen molar-refractivity contribution in [3.8, 4) is 0 Å². The largest absolute Gasteiger partial charge is 0.465 e. The third kappa shape index (κ3) is 5.79. The van der Waals surface area contributed by atoms with Crippen LogP contribution in [-0.4, -0.2) is 56.2 Å². The summed E-state index contributed by atoms with van der Waals surface area (Å²) < 4.78 is 44.8. The van der Waals surface area contributed by atoms with Gasteiger partial charge in [0, 0.05) is 32.6 Å².